The maximum atomic E-state index is 12.6. The molecule has 1 aliphatic heterocycles. The predicted molar refractivity (Wildman–Crippen MR) is 100 cm³/mol. The molecule has 0 saturated heterocycles. The Bertz CT molecular complexity index is 720. The van der Waals surface area contributed by atoms with Gasteiger partial charge in [-0.1, -0.05) is 31.2 Å². The molecule has 2 aromatic rings. The Balaban J connectivity index is 1.66. The van der Waals surface area contributed by atoms with Gasteiger partial charge in [0, 0.05) is 4.90 Å². The molecule has 0 aliphatic carbocycles. The third-order valence-electron chi connectivity index (χ3n) is 4.12. The number of carbonyl (C=O) groups is 1. The summed E-state index contributed by atoms with van der Waals surface area (Å²) in [5.41, 5.74) is 1.04. The van der Waals surface area contributed by atoms with Gasteiger partial charge >= 0.3 is 0 Å². The molecule has 2 aromatic carbocycles. The molecule has 0 bridgehead atoms. The number of fused-ring (bicyclic) bond motifs is 1. The van der Waals surface area contributed by atoms with Gasteiger partial charge in [0.2, 0.25) is 5.91 Å². The molecular formula is C20H23NO3S. The fraction of sp³-hybridized carbons (Fsp3) is 0.350. The zero-order chi connectivity index (χ0) is 17.6. The number of nitrogens with one attached hydrogen (secondary N) is 1. The molecule has 132 valence electrons. The second-order valence-corrected chi connectivity index (χ2v) is 7.36. The van der Waals surface area contributed by atoms with Crippen molar-refractivity contribution in [2.75, 3.05) is 13.2 Å². The van der Waals surface area contributed by atoms with Gasteiger partial charge in [0.15, 0.2) is 11.5 Å². The normalized spacial score (nSPS) is 15.3. The lowest BCUT2D eigenvalue weighted by Crippen LogP contribution is -2.34. The molecule has 2 atom stereocenters. The van der Waals surface area contributed by atoms with Crippen molar-refractivity contribution < 1.29 is 14.3 Å². The highest BCUT2D eigenvalue weighted by Gasteiger charge is 2.21. The van der Waals surface area contributed by atoms with Crippen molar-refractivity contribution in [3.05, 3.63) is 54.1 Å². The fourth-order valence-corrected chi connectivity index (χ4v) is 3.64. The average molecular weight is 357 g/mol. The van der Waals surface area contributed by atoms with E-state index in [1.807, 2.05) is 55.5 Å². The van der Waals surface area contributed by atoms with E-state index in [0.29, 0.717) is 13.2 Å². The van der Waals surface area contributed by atoms with E-state index in [1.165, 1.54) is 0 Å². The SMILES string of the molecule is CCC(NC(=O)C(C)Sc1ccccc1)c1ccc2c(c1)OCCO2. The summed E-state index contributed by atoms with van der Waals surface area (Å²) in [7, 11) is 0. The first-order valence-corrected chi connectivity index (χ1v) is 9.47. The summed E-state index contributed by atoms with van der Waals surface area (Å²) in [5.74, 6) is 1.56. The van der Waals surface area contributed by atoms with Crippen molar-refractivity contribution in [1.82, 2.24) is 5.32 Å². The zero-order valence-corrected chi connectivity index (χ0v) is 15.3. The van der Waals surface area contributed by atoms with E-state index in [4.69, 9.17) is 9.47 Å². The van der Waals surface area contributed by atoms with E-state index in [2.05, 4.69) is 12.2 Å². The second-order valence-electron chi connectivity index (χ2n) is 5.95. The van der Waals surface area contributed by atoms with E-state index < -0.39 is 0 Å². The summed E-state index contributed by atoms with van der Waals surface area (Å²) >= 11 is 1.57. The maximum absolute atomic E-state index is 12.6. The topological polar surface area (TPSA) is 47.6 Å². The minimum atomic E-state index is -0.159. The lowest BCUT2D eigenvalue weighted by Gasteiger charge is -2.23. The Labute approximate surface area is 152 Å². The van der Waals surface area contributed by atoms with Gasteiger partial charge < -0.3 is 14.8 Å². The van der Waals surface area contributed by atoms with Crippen LogP contribution in [0.25, 0.3) is 0 Å². The second kappa shape index (κ2) is 8.30. The van der Waals surface area contributed by atoms with Crippen molar-refractivity contribution >= 4 is 17.7 Å². The number of carbonyl (C=O) groups excluding carboxylic acids is 1. The number of benzene rings is 2. The van der Waals surface area contributed by atoms with Crippen LogP contribution in [-0.2, 0) is 4.79 Å². The zero-order valence-electron chi connectivity index (χ0n) is 14.5. The molecule has 4 nitrogen and oxygen atoms in total. The Morgan fingerprint density at radius 1 is 1.12 bits per heavy atom. The van der Waals surface area contributed by atoms with Crippen LogP contribution in [0.1, 0.15) is 31.9 Å². The van der Waals surface area contributed by atoms with E-state index in [9.17, 15) is 4.79 Å². The number of hydrogen-bond donors (Lipinski definition) is 1. The van der Waals surface area contributed by atoms with E-state index >= 15 is 0 Å². The lowest BCUT2D eigenvalue weighted by atomic mass is 10.0. The van der Waals surface area contributed by atoms with Crippen LogP contribution in [0.5, 0.6) is 11.5 Å². The van der Waals surface area contributed by atoms with Crippen LogP contribution in [0, 0.1) is 0 Å². The monoisotopic (exact) mass is 357 g/mol. The number of ether oxygens (including phenoxy) is 2. The van der Waals surface area contributed by atoms with Gasteiger partial charge in [-0.3, -0.25) is 4.79 Å². The van der Waals surface area contributed by atoms with Crippen molar-refractivity contribution in [3.8, 4) is 11.5 Å². The Morgan fingerprint density at radius 3 is 2.56 bits per heavy atom. The molecule has 3 rings (SSSR count). The molecule has 1 aliphatic rings. The minimum absolute atomic E-state index is 0.0376. The Hall–Kier alpha value is -2.14. The van der Waals surface area contributed by atoms with Gasteiger partial charge in [-0.15, -0.1) is 11.8 Å². The largest absolute Gasteiger partial charge is 0.486 e. The number of amides is 1. The first-order valence-electron chi connectivity index (χ1n) is 8.59. The smallest absolute Gasteiger partial charge is 0.233 e. The van der Waals surface area contributed by atoms with Crippen LogP contribution in [-0.4, -0.2) is 24.4 Å². The molecule has 25 heavy (non-hydrogen) atoms. The Morgan fingerprint density at radius 2 is 1.84 bits per heavy atom. The summed E-state index contributed by atoms with van der Waals surface area (Å²) in [6, 6.07) is 15.8. The van der Waals surface area contributed by atoms with E-state index in [1.54, 1.807) is 11.8 Å². The highest BCUT2D eigenvalue weighted by molar-refractivity contribution is 8.00. The van der Waals surface area contributed by atoms with Crippen molar-refractivity contribution in [2.24, 2.45) is 0 Å². The highest BCUT2D eigenvalue weighted by atomic mass is 32.2. The average Bonchev–Trinajstić information content (AvgIpc) is 2.66. The quantitative estimate of drug-likeness (QED) is 0.787. The van der Waals surface area contributed by atoms with Crippen LogP contribution in [0.4, 0.5) is 0 Å². The summed E-state index contributed by atoms with van der Waals surface area (Å²) in [6.07, 6.45) is 0.814. The van der Waals surface area contributed by atoms with E-state index in [-0.39, 0.29) is 17.2 Å². The molecule has 0 aromatic heterocycles. The number of rotatable bonds is 6. The lowest BCUT2D eigenvalue weighted by molar-refractivity contribution is -0.121. The first-order chi connectivity index (χ1) is 12.2. The van der Waals surface area contributed by atoms with Crippen LogP contribution >= 0.6 is 11.8 Å². The maximum Gasteiger partial charge on any atom is 0.233 e. The van der Waals surface area contributed by atoms with E-state index in [0.717, 1.165) is 28.4 Å². The predicted octanol–water partition coefficient (Wildman–Crippen LogP) is 4.21. The third kappa shape index (κ3) is 4.48. The van der Waals surface area contributed by atoms with Gasteiger partial charge in [-0.05, 0) is 43.2 Å². The van der Waals surface area contributed by atoms with Crippen molar-refractivity contribution in [3.63, 3.8) is 0 Å². The summed E-state index contributed by atoms with van der Waals surface area (Å²) < 4.78 is 11.2. The minimum Gasteiger partial charge on any atom is -0.486 e. The molecule has 1 heterocycles. The molecule has 1 N–H and O–H groups in total. The van der Waals surface area contributed by atoms with Gasteiger partial charge in [0.05, 0.1) is 11.3 Å². The molecule has 0 spiro atoms. The van der Waals surface area contributed by atoms with Gasteiger partial charge in [-0.25, -0.2) is 0 Å². The van der Waals surface area contributed by atoms with Gasteiger partial charge in [0.1, 0.15) is 13.2 Å². The molecule has 5 heteroatoms. The number of hydrogen-bond acceptors (Lipinski definition) is 4. The molecule has 0 saturated carbocycles. The van der Waals surface area contributed by atoms with Crippen molar-refractivity contribution in [2.45, 2.75) is 36.5 Å². The van der Waals surface area contributed by atoms with Crippen LogP contribution in [0.15, 0.2) is 53.4 Å². The molecular weight excluding hydrogens is 334 g/mol. The van der Waals surface area contributed by atoms with Crippen LogP contribution in [0.3, 0.4) is 0 Å². The summed E-state index contributed by atoms with van der Waals surface area (Å²) in [4.78, 5) is 13.7. The third-order valence-corrected chi connectivity index (χ3v) is 5.23. The van der Waals surface area contributed by atoms with Crippen LogP contribution in [0.2, 0.25) is 0 Å². The van der Waals surface area contributed by atoms with Gasteiger partial charge in [-0.2, -0.15) is 0 Å². The summed E-state index contributed by atoms with van der Waals surface area (Å²) in [5, 5.41) is 3.00. The molecule has 0 radical (unpaired) electrons. The highest BCUT2D eigenvalue weighted by Crippen LogP contribution is 2.33. The molecule has 0 fully saturated rings. The Kier molecular flexibility index (Phi) is 5.87. The summed E-state index contributed by atoms with van der Waals surface area (Å²) in [6.45, 7) is 5.14. The number of thioether (sulfide) groups is 1. The first kappa shape index (κ1) is 17.7. The van der Waals surface area contributed by atoms with Gasteiger partial charge in [0.25, 0.3) is 0 Å². The molecule has 2 unspecified atom stereocenters. The molecule has 1 amide bonds. The van der Waals surface area contributed by atoms with Crippen LogP contribution < -0.4 is 14.8 Å². The van der Waals surface area contributed by atoms with Crippen molar-refractivity contribution in [1.29, 1.82) is 0 Å². The fourth-order valence-electron chi connectivity index (χ4n) is 2.74. The standard InChI is InChI=1S/C20H23NO3S/c1-3-17(15-9-10-18-19(13-15)24-12-11-23-18)21-20(22)14(2)25-16-7-5-4-6-8-16/h4-10,13-14,17H,3,11-12H2,1-2H3,(H,21,22).